The summed E-state index contributed by atoms with van der Waals surface area (Å²) in [4.78, 5) is 0. The highest BCUT2D eigenvalue weighted by Crippen LogP contribution is 2.34. The monoisotopic (exact) mass is 384 g/mol. The van der Waals surface area contributed by atoms with Gasteiger partial charge >= 0.3 is 6.18 Å². The molecule has 0 spiro atoms. The minimum absolute atomic E-state index is 0.0722. The quantitative estimate of drug-likeness (QED) is 0.357. The average Bonchev–Trinajstić information content (AvgIpc) is 2.66. The van der Waals surface area contributed by atoms with Gasteiger partial charge in [0.05, 0.1) is 6.10 Å². The summed E-state index contributed by atoms with van der Waals surface area (Å²) in [7, 11) is 0. The lowest BCUT2D eigenvalue weighted by Gasteiger charge is -2.29. The Bertz CT molecular complexity index is 501. The molecular weight excluding hydrogens is 349 g/mol. The number of rotatable bonds is 11. The van der Waals surface area contributed by atoms with E-state index < -0.39 is 12.6 Å². The topological polar surface area (TPSA) is 9.23 Å². The second-order valence-corrected chi connectivity index (χ2v) is 7.97. The largest absolute Gasteiger partial charge is 0.389 e. The van der Waals surface area contributed by atoms with E-state index in [0.717, 1.165) is 37.9 Å². The number of ether oxygens (including phenoxy) is 1. The van der Waals surface area contributed by atoms with Crippen LogP contribution >= 0.6 is 0 Å². The highest BCUT2D eigenvalue weighted by molar-refractivity contribution is 5.26. The van der Waals surface area contributed by atoms with Crippen molar-refractivity contribution in [2.24, 2.45) is 0 Å². The minimum Gasteiger partial charge on any atom is -0.378 e. The van der Waals surface area contributed by atoms with Gasteiger partial charge in [0.1, 0.15) is 0 Å². The zero-order valence-corrected chi connectivity index (χ0v) is 16.7. The van der Waals surface area contributed by atoms with Crippen molar-refractivity contribution in [3.05, 3.63) is 35.4 Å². The Kier molecular flexibility index (Phi) is 9.67. The summed E-state index contributed by atoms with van der Waals surface area (Å²) >= 11 is 0. The van der Waals surface area contributed by atoms with E-state index in [1.165, 1.54) is 44.1 Å². The van der Waals surface area contributed by atoms with Gasteiger partial charge in [-0.15, -0.1) is 0 Å². The molecule has 0 heterocycles. The maximum absolute atomic E-state index is 12.3. The van der Waals surface area contributed by atoms with Crippen LogP contribution in [0.3, 0.4) is 0 Å². The van der Waals surface area contributed by atoms with E-state index >= 15 is 0 Å². The normalized spacial score (nSPS) is 20.7. The second kappa shape index (κ2) is 11.7. The first-order chi connectivity index (χ1) is 13.0. The number of aryl methyl sites for hydroxylation is 1. The van der Waals surface area contributed by atoms with Crippen LogP contribution in [0.2, 0.25) is 0 Å². The number of halogens is 3. The van der Waals surface area contributed by atoms with Crippen molar-refractivity contribution in [3.8, 4) is 0 Å². The third kappa shape index (κ3) is 9.14. The Morgan fingerprint density at radius 2 is 1.52 bits per heavy atom. The van der Waals surface area contributed by atoms with Gasteiger partial charge < -0.3 is 4.74 Å². The highest BCUT2D eigenvalue weighted by atomic mass is 19.4. The lowest BCUT2D eigenvalue weighted by atomic mass is 9.82. The highest BCUT2D eigenvalue weighted by Gasteiger charge is 2.26. The zero-order valence-electron chi connectivity index (χ0n) is 16.7. The number of benzene rings is 1. The average molecular weight is 385 g/mol. The molecule has 0 N–H and O–H groups in total. The van der Waals surface area contributed by atoms with E-state index in [4.69, 9.17) is 4.74 Å². The number of hydrogen-bond acceptors (Lipinski definition) is 1. The molecule has 1 fully saturated rings. The zero-order chi connectivity index (χ0) is 19.5. The van der Waals surface area contributed by atoms with E-state index in [0.29, 0.717) is 12.0 Å². The van der Waals surface area contributed by atoms with Crippen molar-refractivity contribution in [3.63, 3.8) is 0 Å². The molecule has 0 bridgehead atoms. The molecule has 1 saturated carbocycles. The first-order valence-corrected chi connectivity index (χ1v) is 10.7. The smallest absolute Gasteiger partial charge is 0.378 e. The molecule has 0 aliphatic heterocycles. The van der Waals surface area contributed by atoms with Crippen molar-refractivity contribution >= 4 is 0 Å². The van der Waals surface area contributed by atoms with Crippen LogP contribution < -0.4 is 0 Å². The summed E-state index contributed by atoms with van der Waals surface area (Å²) in [6.45, 7) is 3.12. The summed E-state index contributed by atoms with van der Waals surface area (Å²) in [6, 6.07) is 7.77. The van der Waals surface area contributed by atoms with Crippen LogP contribution in [0, 0.1) is 0 Å². The Labute approximate surface area is 162 Å². The number of unbranched alkanes of at least 4 members (excludes halogenated alkanes) is 5. The van der Waals surface area contributed by atoms with Gasteiger partial charge in [-0.05, 0) is 55.6 Å². The number of alkyl halides is 3. The Morgan fingerprint density at radius 1 is 0.889 bits per heavy atom. The molecule has 0 amide bonds. The van der Waals surface area contributed by atoms with Crippen LogP contribution in [0.15, 0.2) is 24.3 Å². The summed E-state index contributed by atoms with van der Waals surface area (Å²) in [5, 5.41) is 0. The second-order valence-electron chi connectivity index (χ2n) is 7.97. The SMILES string of the molecule is CCCCCCCCO[C@H]1CC[C@H](c2ccc(CCC(F)(F)F)cc2)CC1. The Hall–Kier alpha value is -1.03. The maximum Gasteiger partial charge on any atom is 0.389 e. The van der Waals surface area contributed by atoms with Crippen LogP contribution in [0.4, 0.5) is 13.2 Å². The molecule has 0 atom stereocenters. The first-order valence-electron chi connectivity index (χ1n) is 10.7. The van der Waals surface area contributed by atoms with E-state index in [-0.39, 0.29) is 6.42 Å². The van der Waals surface area contributed by atoms with Gasteiger partial charge in [-0.1, -0.05) is 63.3 Å². The molecule has 1 aromatic rings. The van der Waals surface area contributed by atoms with Crippen LogP contribution in [0.1, 0.15) is 94.6 Å². The molecule has 1 nitrogen and oxygen atoms in total. The molecule has 0 saturated heterocycles. The van der Waals surface area contributed by atoms with E-state index in [2.05, 4.69) is 6.92 Å². The fourth-order valence-corrected chi connectivity index (χ4v) is 3.94. The number of hydrogen-bond donors (Lipinski definition) is 0. The summed E-state index contributed by atoms with van der Waals surface area (Å²) in [5.41, 5.74) is 2.03. The molecule has 1 aliphatic carbocycles. The fourth-order valence-electron chi connectivity index (χ4n) is 3.94. The van der Waals surface area contributed by atoms with E-state index in [9.17, 15) is 13.2 Å². The maximum atomic E-state index is 12.3. The van der Waals surface area contributed by atoms with E-state index in [1.807, 2.05) is 24.3 Å². The molecule has 1 aliphatic rings. The van der Waals surface area contributed by atoms with Crippen LogP contribution in [0.25, 0.3) is 0 Å². The molecular formula is C23H35F3O. The molecule has 0 radical (unpaired) electrons. The van der Waals surface area contributed by atoms with Gasteiger partial charge in [0, 0.05) is 13.0 Å². The van der Waals surface area contributed by atoms with Crippen molar-refractivity contribution in [1.29, 1.82) is 0 Å². The van der Waals surface area contributed by atoms with Crippen LogP contribution in [-0.2, 0) is 11.2 Å². The van der Waals surface area contributed by atoms with Gasteiger partial charge in [-0.2, -0.15) is 13.2 Å². The minimum atomic E-state index is -4.08. The van der Waals surface area contributed by atoms with E-state index in [1.54, 1.807) is 0 Å². The van der Waals surface area contributed by atoms with Gasteiger partial charge in [0.2, 0.25) is 0 Å². The van der Waals surface area contributed by atoms with Gasteiger partial charge in [0.25, 0.3) is 0 Å². The van der Waals surface area contributed by atoms with Crippen LogP contribution in [0.5, 0.6) is 0 Å². The van der Waals surface area contributed by atoms with Crippen molar-refractivity contribution in [2.75, 3.05) is 6.61 Å². The molecule has 154 valence electrons. The lowest BCUT2D eigenvalue weighted by molar-refractivity contribution is -0.133. The summed E-state index contributed by atoms with van der Waals surface area (Å²) in [5.74, 6) is 0.524. The summed E-state index contributed by atoms with van der Waals surface area (Å²) < 4.78 is 43.0. The van der Waals surface area contributed by atoms with Gasteiger partial charge in [-0.25, -0.2) is 0 Å². The predicted octanol–water partition coefficient (Wildman–Crippen LogP) is 7.58. The molecule has 1 aromatic carbocycles. The molecule has 2 rings (SSSR count). The van der Waals surface area contributed by atoms with Crippen molar-refractivity contribution < 1.29 is 17.9 Å². The summed E-state index contributed by atoms with van der Waals surface area (Å²) in [6.07, 6.45) is 7.80. The van der Waals surface area contributed by atoms with Gasteiger partial charge in [0.15, 0.2) is 0 Å². The lowest BCUT2D eigenvalue weighted by Crippen LogP contribution is -2.21. The fraction of sp³-hybridized carbons (Fsp3) is 0.739. The third-order valence-corrected chi connectivity index (χ3v) is 5.67. The Balaban J connectivity index is 1.62. The standard InChI is InChI=1S/C23H35F3O/c1-2-3-4-5-6-7-18-27-22-14-12-21(13-15-22)20-10-8-19(9-11-20)16-17-23(24,25)26/h8-11,21-22H,2-7,12-18H2,1H3/t21-,22-. The van der Waals surface area contributed by atoms with Crippen molar-refractivity contribution in [1.82, 2.24) is 0 Å². The Morgan fingerprint density at radius 3 is 2.15 bits per heavy atom. The molecule has 4 heteroatoms. The first kappa shape index (κ1) is 22.3. The van der Waals surface area contributed by atoms with Gasteiger partial charge in [-0.3, -0.25) is 0 Å². The van der Waals surface area contributed by atoms with Crippen LogP contribution in [-0.4, -0.2) is 18.9 Å². The molecule has 0 aromatic heterocycles. The predicted molar refractivity (Wildman–Crippen MR) is 105 cm³/mol. The van der Waals surface area contributed by atoms with Crippen molar-refractivity contribution in [2.45, 2.75) is 102 Å². The molecule has 27 heavy (non-hydrogen) atoms. The molecule has 0 unspecified atom stereocenters. The third-order valence-electron chi connectivity index (χ3n) is 5.67.